The van der Waals surface area contributed by atoms with Gasteiger partial charge in [0.2, 0.25) is 11.9 Å². The number of imidazole rings is 1. The Labute approximate surface area is 194 Å². The molecule has 2 N–H and O–H groups in total. The molecule has 4 aromatic heterocycles. The Hall–Kier alpha value is -3.70. The van der Waals surface area contributed by atoms with Crippen LogP contribution in [0.15, 0.2) is 24.5 Å². The van der Waals surface area contributed by atoms with Gasteiger partial charge in [-0.05, 0) is 32.9 Å². The van der Waals surface area contributed by atoms with E-state index in [4.69, 9.17) is 5.73 Å². The van der Waals surface area contributed by atoms with Gasteiger partial charge in [0.15, 0.2) is 11.5 Å². The van der Waals surface area contributed by atoms with Gasteiger partial charge < -0.3 is 15.2 Å². The highest BCUT2D eigenvalue weighted by Crippen LogP contribution is 2.30. The first-order chi connectivity index (χ1) is 16.0. The molecule has 1 aliphatic heterocycles. The molecule has 9 nitrogen and oxygen atoms in total. The highest BCUT2D eigenvalue weighted by molar-refractivity contribution is 5.83. The number of nitrogens with zero attached hydrogens (tertiary/aromatic N) is 7. The summed E-state index contributed by atoms with van der Waals surface area (Å²) in [4.78, 5) is 24.8. The van der Waals surface area contributed by atoms with E-state index in [1.807, 2.05) is 17.6 Å². The number of likely N-dealkylation sites (tertiary alicyclic amines) is 1. The lowest BCUT2D eigenvalue weighted by Crippen LogP contribution is -2.29. The zero-order valence-electron chi connectivity index (χ0n) is 19.3. The van der Waals surface area contributed by atoms with Gasteiger partial charge in [-0.25, -0.2) is 32.6 Å². The lowest BCUT2D eigenvalue weighted by atomic mass is 10.2. The number of aromatic nitrogens is 6. The van der Waals surface area contributed by atoms with E-state index in [1.165, 1.54) is 28.7 Å². The molecule has 182 valence electrons. The monoisotopic (exact) mass is 476 g/mol. The highest BCUT2D eigenvalue weighted by Gasteiger charge is 2.39. The normalized spacial score (nSPS) is 15.2. The number of rotatable bonds is 2. The lowest BCUT2D eigenvalue weighted by Gasteiger charge is -2.12. The summed E-state index contributed by atoms with van der Waals surface area (Å²) < 4.78 is 42.6. The molecule has 1 aliphatic rings. The maximum absolute atomic E-state index is 14.5. The molecule has 5 rings (SSSR count). The average Bonchev–Trinajstić information content (AvgIpc) is 3.38. The number of pyridine rings is 1. The second-order valence-corrected chi connectivity index (χ2v) is 8.51. The van der Waals surface area contributed by atoms with E-state index in [2.05, 4.69) is 33.9 Å². The summed E-state index contributed by atoms with van der Waals surface area (Å²) in [5.74, 6) is -2.37. The summed E-state index contributed by atoms with van der Waals surface area (Å²) in [6.07, 6.45) is 2.59. The first kappa shape index (κ1) is 23.5. The topological polar surface area (TPSA) is 107 Å². The van der Waals surface area contributed by atoms with Crippen molar-refractivity contribution in [2.24, 2.45) is 0 Å². The van der Waals surface area contributed by atoms with Crippen molar-refractivity contribution in [2.75, 3.05) is 18.8 Å². The summed E-state index contributed by atoms with van der Waals surface area (Å²) in [6.45, 7) is 7.17. The van der Waals surface area contributed by atoms with Gasteiger partial charge >= 0.3 is 0 Å². The largest absolute Gasteiger partial charge is 0.367 e. The quantitative estimate of drug-likeness (QED) is 0.471. The van der Waals surface area contributed by atoms with Gasteiger partial charge in [0.1, 0.15) is 11.3 Å². The molecule has 34 heavy (non-hydrogen) atoms. The van der Waals surface area contributed by atoms with Gasteiger partial charge in [-0.2, -0.15) is 0 Å². The molecule has 0 saturated carbocycles. The Bertz CT molecular complexity index is 1380. The molecule has 1 amide bonds. The number of anilines is 1. The van der Waals surface area contributed by atoms with E-state index in [1.54, 1.807) is 6.07 Å². The third-order valence-electron chi connectivity index (χ3n) is 5.61. The number of hydrogen-bond acceptors (Lipinski definition) is 6. The summed E-state index contributed by atoms with van der Waals surface area (Å²) >= 11 is 0. The minimum absolute atomic E-state index is 0. The predicted molar refractivity (Wildman–Crippen MR) is 123 cm³/mol. The van der Waals surface area contributed by atoms with Gasteiger partial charge in [0.25, 0.3) is 5.92 Å². The third kappa shape index (κ3) is 4.39. The predicted octanol–water partition coefficient (Wildman–Crippen LogP) is 3.87. The zero-order chi connectivity index (χ0) is 24.8. The van der Waals surface area contributed by atoms with E-state index >= 15 is 0 Å². The molecule has 5 heterocycles. The van der Waals surface area contributed by atoms with E-state index in [-0.39, 0.29) is 32.3 Å². The standard InChI is InChI=1S/C16H16FN7.C6H9F2NO.H2/c1-8(2)24-9(3)20-12-5-4-11(21-15(12)24)14-10(17)7-23-13(14)6-19-16(18)22-23;1-5(10)9-3-2-6(7,8)4-9;/h4-8H,1-3H3,(H2,18,22);2-4H2,1H3;1H. The smallest absolute Gasteiger partial charge is 0.267 e. The Balaban J connectivity index is 0.000000264. The van der Waals surface area contributed by atoms with Gasteiger partial charge in [0.05, 0.1) is 35.7 Å². The third-order valence-corrected chi connectivity index (χ3v) is 5.61. The molecule has 0 atom stereocenters. The molecule has 4 aromatic rings. The fraction of sp³-hybridized carbons (Fsp3) is 0.409. The van der Waals surface area contributed by atoms with Crippen LogP contribution in [-0.2, 0) is 4.79 Å². The van der Waals surface area contributed by atoms with Gasteiger partial charge in [-0.3, -0.25) is 4.79 Å². The number of amides is 1. The summed E-state index contributed by atoms with van der Waals surface area (Å²) in [5.41, 5.74) is 8.46. The van der Waals surface area contributed by atoms with Crippen molar-refractivity contribution < 1.29 is 19.4 Å². The zero-order valence-corrected chi connectivity index (χ0v) is 19.3. The van der Waals surface area contributed by atoms with Crippen LogP contribution in [0.25, 0.3) is 27.9 Å². The van der Waals surface area contributed by atoms with Crippen LogP contribution in [0.1, 0.15) is 40.5 Å². The van der Waals surface area contributed by atoms with Crippen LogP contribution >= 0.6 is 0 Å². The molecule has 12 heteroatoms. The van der Waals surface area contributed by atoms with E-state index in [0.29, 0.717) is 16.8 Å². The second-order valence-electron chi connectivity index (χ2n) is 8.51. The molecule has 0 spiro atoms. The second kappa shape index (κ2) is 8.58. The molecular formula is C22H27F3N8O. The highest BCUT2D eigenvalue weighted by atomic mass is 19.3. The van der Waals surface area contributed by atoms with Crippen molar-refractivity contribution >= 4 is 28.5 Å². The molecule has 0 radical (unpaired) electrons. The minimum Gasteiger partial charge on any atom is -0.367 e. The number of nitrogens with two attached hydrogens (primary N) is 1. The van der Waals surface area contributed by atoms with Crippen LogP contribution in [0.2, 0.25) is 0 Å². The van der Waals surface area contributed by atoms with Gasteiger partial charge in [-0.15, -0.1) is 5.10 Å². The van der Waals surface area contributed by atoms with Crippen LogP contribution in [0.3, 0.4) is 0 Å². The minimum atomic E-state index is -2.65. The summed E-state index contributed by atoms with van der Waals surface area (Å²) in [5, 5.41) is 3.99. The van der Waals surface area contributed by atoms with E-state index < -0.39 is 18.3 Å². The van der Waals surface area contributed by atoms with Crippen molar-refractivity contribution in [2.45, 2.75) is 46.1 Å². The van der Waals surface area contributed by atoms with E-state index in [9.17, 15) is 18.0 Å². The number of halogens is 3. The summed E-state index contributed by atoms with van der Waals surface area (Å²) in [6, 6.07) is 3.82. The summed E-state index contributed by atoms with van der Waals surface area (Å²) in [7, 11) is 0. The van der Waals surface area contributed by atoms with Crippen LogP contribution in [-0.4, -0.2) is 59.0 Å². The number of carbonyl (C=O) groups is 1. The van der Waals surface area contributed by atoms with Crippen LogP contribution in [0.5, 0.6) is 0 Å². The van der Waals surface area contributed by atoms with Crippen LogP contribution in [0, 0.1) is 12.7 Å². The molecule has 1 saturated heterocycles. The van der Waals surface area contributed by atoms with Crippen molar-refractivity contribution in [1.82, 2.24) is 34.0 Å². The molecular weight excluding hydrogens is 449 g/mol. The lowest BCUT2D eigenvalue weighted by molar-refractivity contribution is -0.129. The van der Waals surface area contributed by atoms with Crippen LogP contribution in [0.4, 0.5) is 19.1 Å². The van der Waals surface area contributed by atoms with Crippen LogP contribution < -0.4 is 5.73 Å². The first-order valence-electron chi connectivity index (χ1n) is 10.8. The molecule has 0 aliphatic carbocycles. The molecule has 0 aromatic carbocycles. The van der Waals surface area contributed by atoms with Gasteiger partial charge in [0, 0.05) is 27.4 Å². The molecule has 0 bridgehead atoms. The molecule has 0 unspecified atom stereocenters. The Morgan fingerprint density at radius 3 is 2.59 bits per heavy atom. The number of hydrogen-bond donors (Lipinski definition) is 1. The Morgan fingerprint density at radius 1 is 1.26 bits per heavy atom. The number of aryl methyl sites for hydroxylation is 1. The number of alkyl halides is 2. The first-order valence-corrected chi connectivity index (χ1v) is 10.8. The Kier molecular flexibility index (Phi) is 5.92. The molecule has 1 fully saturated rings. The van der Waals surface area contributed by atoms with Crippen molar-refractivity contribution in [3.05, 3.63) is 36.2 Å². The number of nitrogen functional groups attached to an aromatic ring is 1. The van der Waals surface area contributed by atoms with Crippen molar-refractivity contribution in [3.8, 4) is 11.3 Å². The van der Waals surface area contributed by atoms with E-state index in [0.717, 1.165) is 17.0 Å². The SMILES string of the molecule is CC(=O)N1CCC(F)(F)C1.Cc1nc2ccc(-c3c(F)cn4nc(N)ncc34)nc2n1C(C)C.[HH]. The Morgan fingerprint density at radius 2 is 2.00 bits per heavy atom. The number of carbonyl (C=O) groups excluding carboxylic acids is 1. The van der Waals surface area contributed by atoms with Gasteiger partial charge in [-0.1, -0.05) is 0 Å². The number of fused-ring (bicyclic) bond motifs is 2. The fourth-order valence-electron chi connectivity index (χ4n) is 4.05. The fourth-order valence-corrected chi connectivity index (χ4v) is 4.05. The average molecular weight is 477 g/mol. The maximum atomic E-state index is 14.5. The van der Waals surface area contributed by atoms with Crippen molar-refractivity contribution in [1.29, 1.82) is 0 Å². The maximum Gasteiger partial charge on any atom is 0.267 e. The van der Waals surface area contributed by atoms with Crippen molar-refractivity contribution in [3.63, 3.8) is 0 Å².